The van der Waals surface area contributed by atoms with Crippen molar-refractivity contribution >= 4 is 89.0 Å². The van der Waals surface area contributed by atoms with Crippen LogP contribution >= 0.6 is 43.2 Å². The molecule has 2 saturated carbocycles. The van der Waals surface area contributed by atoms with Crippen LogP contribution in [-0.2, 0) is 23.9 Å². The highest BCUT2D eigenvalue weighted by atomic mass is 79.9. The number of thiazole rings is 1. The van der Waals surface area contributed by atoms with E-state index in [2.05, 4.69) is 59.4 Å². The third-order valence-electron chi connectivity index (χ3n) is 10.4. The molecule has 56 heavy (non-hydrogen) atoms. The second-order valence-electron chi connectivity index (χ2n) is 16.0. The van der Waals surface area contributed by atoms with Gasteiger partial charge >= 0.3 is 12.1 Å². The van der Waals surface area contributed by atoms with Crippen molar-refractivity contribution in [3.63, 3.8) is 0 Å². The molecule has 3 aliphatic rings. The molecule has 3 fully saturated rings. The molecule has 0 spiro atoms. The van der Waals surface area contributed by atoms with E-state index in [0.29, 0.717) is 37.6 Å². The number of hydrogen-bond acceptors (Lipinski definition) is 10. The monoisotopic (exact) mass is 916 g/mol. The lowest BCUT2D eigenvalue weighted by atomic mass is 9.85. The standard InChI is InChI=1S/C39H46Br2N6O8S/c1-7-20-16-39(20,35(51)52)46-33(49)28-14-23(17-47(28)34(50)31(38(4,5)6)44-37(53)55-22-10-8-9-11-22)54-29-15-26(42-30-24(29)12-21(40)13-25(30)41)27-18-56-36(43-27)45-32(48)19(2)3/h7,12-13,15,18-20,22-23,28,31H,1,8-11,14,16-17H2,2-6H3,(H,44,53)(H,46,49)(H,51,52)(H,43,45,48)/t20-,23-,28+,31-,39-/m1/s1. The average molecular weight is 919 g/mol. The van der Waals surface area contributed by atoms with Crippen LogP contribution in [-0.4, -0.2) is 86.1 Å². The van der Waals surface area contributed by atoms with Gasteiger partial charge in [0.25, 0.3) is 0 Å². The van der Waals surface area contributed by atoms with Gasteiger partial charge < -0.3 is 35.4 Å². The first-order valence-electron chi connectivity index (χ1n) is 18.6. The zero-order valence-corrected chi connectivity index (χ0v) is 35.8. The predicted octanol–water partition coefficient (Wildman–Crippen LogP) is 7.06. The number of carbonyl (C=O) groups excluding carboxylic acids is 4. The van der Waals surface area contributed by atoms with Crippen molar-refractivity contribution in [3.8, 4) is 17.1 Å². The fraction of sp³-hybridized carbons (Fsp3) is 0.513. The van der Waals surface area contributed by atoms with Crippen molar-refractivity contribution < 1.29 is 38.6 Å². The SMILES string of the molecule is C=C[C@@H]1C[C@]1(NC(=O)[C@@H]1C[C@@H](Oc2cc(-c3csc(NC(=O)C(C)C)n3)nc3c(Br)cc(Br)cc23)CN1C(=O)[C@@H](NC(=O)OC1CCCC1)C(C)(C)C)C(=O)O. The van der Waals surface area contributed by atoms with Gasteiger partial charge in [-0.2, -0.15) is 0 Å². The van der Waals surface area contributed by atoms with Crippen LogP contribution in [0.4, 0.5) is 9.93 Å². The number of halogens is 2. The molecule has 0 unspecified atom stereocenters. The second-order valence-corrected chi connectivity index (χ2v) is 18.6. The van der Waals surface area contributed by atoms with Crippen molar-refractivity contribution in [3.05, 3.63) is 45.2 Å². The van der Waals surface area contributed by atoms with Gasteiger partial charge in [0.15, 0.2) is 5.13 Å². The first-order valence-corrected chi connectivity index (χ1v) is 21.1. The Kier molecular flexibility index (Phi) is 12.2. The first kappa shape index (κ1) is 41.5. The Morgan fingerprint density at radius 1 is 1.07 bits per heavy atom. The van der Waals surface area contributed by atoms with Crippen LogP contribution in [0.15, 0.2) is 45.2 Å². The molecule has 1 aromatic carbocycles. The van der Waals surface area contributed by atoms with Crippen molar-refractivity contribution in [2.45, 2.75) is 103 Å². The Labute approximate surface area is 345 Å². The maximum absolute atomic E-state index is 14.6. The van der Waals surface area contributed by atoms with Gasteiger partial charge in [-0.05, 0) is 65.6 Å². The maximum Gasteiger partial charge on any atom is 0.408 e. The molecule has 2 aromatic heterocycles. The molecule has 0 radical (unpaired) electrons. The van der Waals surface area contributed by atoms with Crippen LogP contribution in [0.2, 0.25) is 0 Å². The molecule has 300 valence electrons. The smallest absolute Gasteiger partial charge is 0.408 e. The Morgan fingerprint density at radius 2 is 1.79 bits per heavy atom. The molecule has 5 atom stereocenters. The molecule has 1 saturated heterocycles. The van der Waals surface area contributed by atoms with Gasteiger partial charge in [-0.3, -0.25) is 14.4 Å². The molecule has 2 aliphatic carbocycles. The highest BCUT2D eigenvalue weighted by Crippen LogP contribution is 2.45. The third-order valence-corrected chi connectivity index (χ3v) is 12.3. The van der Waals surface area contributed by atoms with E-state index in [-0.39, 0.29) is 37.3 Å². The lowest BCUT2D eigenvalue weighted by molar-refractivity contribution is -0.146. The molecule has 14 nitrogen and oxygen atoms in total. The van der Waals surface area contributed by atoms with E-state index >= 15 is 0 Å². The molecule has 1 aliphatic heterocycles. The van der Waals surface area contributed by atoms with Gasteiger partial charge in [0.2, 0.25) is 17.7 Å². The van der Waals surface area contributed by atoms with Gasteiger partial charge in [-0.15, -0.1) is 17.9 Å². The summed E-state index contributed by atoms with van der Waals surface area (Å²) in [6.45, 7) is 12.7. The number of ether oxygens (including phenoxy) is 2. The normalized spacial score (nSPS) is 22.8. The molecule has 3 heterocycles. The van der Waals surface area contributed by atoms with Crippen LogP contribution in [0.3, 0.4) is 0 Å². The molecule has 17 heteroatoms. The number of nitrogens with zero attached hydrogens (tertiary/aromatic N) is 3. The number of benzene rings is 1. The van der Waals surface area contributed by atoms with Crippen LogP contribution in [0.1, 0.15) is 73.1 Å². The van der Waals surface area contributed by atoms with Crippen LogP contribution in [0.25, 0.3) is 22.3 Å². The quantitative estimate of drug-likeness (QED) is 0.137. The van der Waals surface area contributed by atoms with Crippen molar-refractivity contribution in [1.82, 2.24) is 25.5 Å². The predicted molar refractivity (Wildman–Crippen MR) is 218 cm³/mol. The Hall–Kier alpha value is -4.09. The highest BCUT2D eigenvalue weighted by molar-refractivity contribution is 9.11. The molecule has 6 rings (SSSR count). The number of amides is 4. The fourth-order valence-electron chi connectivity index (χ4n) is 7.15. The van der Waals surface area contributed by atoms with Gasteiger partial charge in [-0.25, -0.2) is 19.6 Å². The fourth-order valence-corrected chi connectivity index (χ4v) is 9.17. The Bertz CT molecular complexity index is 2060. The van der Waals surface area contributed by atoms with Crippen LogP contribution < -0.4 is 20.7 Å². The van der Waals surface area contributed by atoms with E-state index in [1.165, 1.54) is 22.3 Å². The number of nitrogens with one attached hydrogen (secondary N) is 3. The summed E-state index contributed by atoms with van der Waals surface area (Å²) >= 11 is 8.44. The summed E-state index contributed by atoms with van der Waals surface area (Å²) in [5.41, 5.74) is -0.808. The number of hydrogen-bond donors (Lipinski definition) is 4. The largest absolute Gasteiger partial charge is 0.488 e. The number of pyridine rings is 1. The minimum Gasteiger partial charge on any atom is -0.488 e. The third kappa shape index (κ3) is 8.89. The van der Waals surface area contributed by atoms with Crippen LogP contribution in [0, 0.1) is 17.3 Å². The summed E-state index contributed by atoms with van der Waals surface area (Å²) in [6.07, 6.45) is 3.42. The highest BCUT2D eigenvalue weighted by Gasteiger charge is 2.61. The summed E-state index contributed by atoms with van der Waals surface area (Å²) in [5, 5.41) is 21.2. The van der Waals surface area contributed by atoms with E-state index < -0.39 is 58.9 Å². The topological polar surface area (TPSA) is 189 Å². The molecule has 4 N–H and O–H groups in total. The number of rotatable bonds is 12. The molecule has 0 bridgehead atoms. The number of carboxylic acids is 1. The summed E-state index contributed by atoms with van der Waals surface area (Å²) < 4.78 is 13.8. The van der Waals surface area contributed by atoms with Crippen molar-refractivity contribution in [2.75, 3.05) is 11.9 Å². The van der Waals surface area contributed by atoms with E-state index in [1.54, 1.807) is 46.1 Å². The van der Waals surface area contributed by atoms with Gasteiger partial charge in [0, 0.05) is 44.0 Å². The lowest BCUT2D eigenvalue weighted by Gasteiger charge is -2.35. The zero-order valence-electron chi connectivity index (χ0n) is 31.8. The number of fused-ring (bicyclic) bond motifs is 1. The summed E-state index contributed by atoms with van der Waals surface area (Å²) in [5.74, 6) is -2.85. The number of anilines is 1. The maximum atomic E-state index is 14.6. The number of alkyl carbamates (subject to hydrolysis) is 1. The molecule has 4 amide bonds. The number of aromatic nitrogens is 2. The first-order chi connectivity index (χ1) is 26.4. The van der Waals surface area contributed by atoms with Gasteiger partial charge in [0.05, 0.1) is 17.8 Å². The zero-order chi connectivity index (χ0) is 40.7. The second kappa shape index (κ2) is 16.4. The summed E-state index contributed by atoms with van der Waals surface area (Å²) in [4.78, 5) is 77.4. The summed E-state index contributed by atoms with van der Waals surface area (Å²) in [7, 11) is 0. The van der Waals surface area contributed by atoms with Gasteiger partial charge in [-0.1, -0.05) is 56.6 Å². The van der Waals surface area contributed by atoms with E-state index in [1.807, 2.05) is 12.1 Å². The molecule has 3 aromatic rings. The number of aliphatic carboxylic acids is 1. The lowest BCUT2D eigenvalue weighted by Crippen LogP contribution is -2.59. The minimum atomic E-state index is -1.53. The van der Waals surface area contributed by atoms with E-state index in [0.717, 1.165) is 30.2 Å². The average Bonchev–Trinajstić information content (AvgIpc) is 3.53. The number of likely N-dealkylation sites (tertiary alicyclic amines) is 1. The Morgan fingerprint density at radius 3 is 2.41 bits per heavy atom. The summed E-state index contributed by atoms with van der Waals surface area (Å²) in [6, 6.07) is 3.19. The number of carbonyl (C=O) groups is 5. The van der Waals surface area contributed by atoms with Crippen LogP contribution in [0.5, 0.6) is 5.75 Å². The van der Waals surface area contributed by atoms with E-state index in [9.17, 15) is 29.1 Å². The number of carboxylic acid groups (broad SMARTS) is 1. The van der Waals surface area contributed by atoms with Gasteiger partial charge in [0.1, 0.15) is 41.3 Å². The van der Waals surface area contributed by atoms with E-state index in [4.69, 9.17) is 14.5 Å². The van der Waals surface area contributed by atoms with Crippen molar-refractivity contribution in [2.24, 2.45) is 17.3 Å². The van der Waals surface area contributed by atoms with Crippen molar-refractivity contribution in [1.29, 1.82) is 0 Å². The minimum absolute atomic E-state index is 0.0197. The molecular formula is C39H46Br2N6O8S. The molecular weight excluding hydrogens is 872 g/mol. The Balaban J connectivity index is 1.33.